The lowest BCUT2D eigenvalue weighted by Crippen LogP contribution is -2.20. The van der Waals surface area contributed by atoms with Gasteiger partial charge >= 0.3 is 5.97 Å². The van der Waals surface area contributed by atoms with Crippen LogP contribution in [0.3, 0.4) is 0 Å². The van der Waals surface area contributed by atoms with E-state index in [1.165, 1.54) is 11.8 Å². The summed E-state index contributed by atoms with van der Waals surface area (Å²) in [7, 11) is 0. The van der Waals surface area contributed by atoms with E-state index in [2.05, 4.69) is 5.32 Å². The normalized spacial score (nSPS) is 11.9. The molecule has 2 N–H and O–H groups in total. The van der Waals surface area contributed by atoms with Crippen molar-refractivity contribution in [2.75, 3.05) is 11.1 Å². The SMILES string of the molecule is CCC[C@@H](C)C(=O)Nc1ccccc1SCC(=O)O. The zero-order valence-electron chi connectivity index (χ0n) is 11.2. The lowest BCUT2D eigenvalue weighted by atomic mass is 10.1. The molecule has 1 amide bonds. The first-order valence-electron chi connectivity index (χ1n) is 6.29. The molecule has 4 nitrogen and oxygen atoms in total. The van der Waals surface area contributed by atoms with Gasteiger partial charge < -0.3 is 10.4 Å². The van der Waals surface area contributed by atoms with Gasteiger partial charge in [0.1, 0.15) is 0 Å². The highest BCUT2D eigenvalue weighted by Gasteiger charge is 2.14. The maximum atomic E-state index is 12.0. The van der Waals surface area contributed by atoms with Crippen LogP contribution in [0.2, 0.25) is 0 Å². The summed E-state index contributed by atoms with van der Waals surface area (Å²) in [5, 5.41) is 11.6. The monoisotopic (exact) mass is 281 g/mol. The topological polar surface area (TPSA) is 66.4 Å². The zero-order valence-corrected chi connectivity index (χ0v) is 12.0. The van der Waals surface area contributed by atoms with Crippen LogP contribution in [0, 0.1) is 5.92 Å². The molecule has 1 atom stereocenters. The van der Waals surface area contributed by atoms with Crippen molar-refractivity contribution in [1.82, 2.24) is 0 Å². The largest absolute Gasteiger partial charge is 0.481 e. The molecule has 0 aromatic heterocycles. The maximum Gasteiger partial charge on any atom is 0.313 e. The Morgan fingerprint density at radius 3 is 2.68 bits per heavy atom. The van der Waals surface area contributed by atoms with Gasteiger partial charge in [-0.2, -0.15) is 0 Å². The molecular formula is C14H19NO3S. The van der Waals surface area contributed by atoms with E-state index in [1.54, 1.807) is 6.07 Å². The number of thioether (sulfide) groups is 1. The first-order chi connectivity index (χ1) is 9.04. The van der Waals surface area contributed by atoms with Crippen molar-refractivity contribution in [3.05, 3.63) is 24.3 Å². The Bertz CT molecular complexity index is 448. The van der Waals surface area contributed by atoms with Gasteiger partial charge in [0.05, 0.1) is 11.4 Å². The molecule has 0 saturated heterocycles. The summed E-state index contributed by atoms with van der Waals surface area (Å²) < 4.78 is 0. The predicted octanol–water partition coefficient (Wildman–Crippen LogP) is 3.24. The first kappa shape index (κ1) is 15.6. The van der Waals surface area contributed by atoms with E-state index in [0.717, 1.165) is 17.7 Å². The minimum Gasteiger partial charge on any atom is -0.481 e. The highest BCUT2D eigenvalue weighted by Crippen LogP contribution is 2.27. The fraction of sp³-hybridized carbons (Fsp3) is 0.429. The van der Waals surface area contributed by atoms with Crippen LogP contribution in [0.5, 0.6) is 0 Å². The van der Waals surface area contributed by atoms with Crippen molar-refractivity contribution in [1.29, 1.82) is 0 Å². The number of anilines is 1. The molecule has 0 aliphatic heterocycles. The third kappa shape index (κ3) is 5.34. The number of nitrogens with one attached hydrogen (secondary N) is 1. The number of benzene rings is 1. The summed E-state index contributed by atoms with van der Waals surface area (Å²) in [6.07, 6.45) is 1.81. The maximum absolute atomic E-state index is 12.0. The van der Waals surface area contributed by atoms with Crippen LogP contribution in [0.25, 0.3) is 0 Å². The second-order valence-corrected chi connectivity index (χ2v) is 5.37. The number of aliphatic carboxylic acids is 1. The van der Waals surface area contributed by atoms with Gasteiger partial charge in [-0.25, -0.2) is 0 Å². The molecule has 0 saturated carbocycles. The highest BCUT2D eigenvalue weighted by molar-refractivity contribution is 8.00. The number of rotatable bonds is 7. The van der Waals surface area contributed by atoms with Crippen molar-refractivity contribution in [2.45, 2.75) is 31.6 Å². The van der Waals surface area contributed by atoms with Crippen LogP contribution in [0.4, 0.5) is 5.69 Å². The average molecular weight is 281 g/mol. The van der Waals surface area contributed by atoms with Gasteiger partial charge in [-0.05, 0) is 18.6 Å². The van der Waals surface area contributed by atoms with Crippen LogP contribution in [0.1, 0.15) is 26.7 Å². The van der Waals surface area contributed by atoms with Crippen LogP contribution in [-0.2, 0) is 9.59 Å². The Hall–Kier alpha value is -1.49. The second-order valence-electron chi connectivity index (χ2n) is 4.36. The van der Waals surface area contributed by atoms with Crippen molar-refractivity contribution in [2.24, 2.45) is 5.92 Å². The Morgan fingerprint density at radius 1 is 1.37 bits per heavy atom. The van der Waals surface area contributed by atoms with E-state index < -0.39 is 5.97 Å². The molecule has 0 fully saturated rings. The minimum atomic E-state index is -0.870. The Morgan fingerprint density at radius 2 is 2.05 bits per heavy atom. The van der Waals surface area contributed by atoms with Gasteiger partial charge in [-0.1, -0.05) is 32.4 Å². The fourth-order valence-corrected chi connectivity index (χ4v) is 2.38. The molecule has 1 aromatic rings. The van der Waals surface area contributed by atoms with E-state index in [4.69, 9.17) is 5.11 Å². The van der Waals surface area contributed by atoms with Gasteiger partial charge in [0.15, 0.2) is 0 Å². The molecule has 19 heavy (non-hydrogen) atoms. The standard InChI is InChI=1S/C14H19NO3S/c1-3-6-10(2)14(18)15-11-7-4-5-8-12(11)19-9-13(16)17/h4-5,7-8,10H,3,6,9H2,1-2H3,(H,15,18)(H,16,17)/t10-/m1/s1. The average Bonchev–Trinajstić information content (AvgIpc) is 2.37. The molecule has 0 bridgehead atoms. The summed E-state index contributed by atoms with van der Waals surface area (Å²) in [4.78, 5) is 23.3. The molecular weight excluding hydrogens is 262 g/mol. The van der Waals surface area contributed by atoms with Crippen molar-refractivity contribution < 1.29 is 14.7 Å². The highest BCUT2D eigenvalue weighted by atomic mass is 32.2. The van der Waals surface area contributed by atoms with Crippen LogP contribution >= 0.6 is 11.8 Å². The smallest absolute Gasteiger partial charge is 0.313 e. The lowest BCUT2D eigenvalue weighted by molar-refractivity contribution is -0.133. The van der Waals surface area contributed by atoms with Crippen LogP contribution < -0.4 is 5.32 Å². The molecule has 0 aliphatic rings. The van der Waals surface area contributed by atoms with Crippen molar-refractivity contribution in [3.63, 3.8) is 0 Å². The number of carbonyl (C=O) groups excluding carboxylic acids is 1. The summed E-state index contributed by atoms with van der Waals surface area (Å²) >= 11 is 1.21. The first-order valence-corrected chi connectivity index (χ1v) is 7.27. The number of hydrogen-bond acceptors (Lipinski definition) is 3. The molecule has 104 valence electrons. The quantitative estimate of drug-likeness (QED) is 0.753. The van der Waals surface area contributed by atoms with E-state index >= 15 is 0 Å². The minimum absolute atomic E-state index is 0.0165. The van der Waals surface area contributed by atoms with Crippen molar-refractivity contribution in [3.8, 4) is 0 Å². The number of carboxylic acid groups (broad SMARTS) is 1. The van der Waals surface area contributed by atoms with E-state index in [-0.39, 0.29) is 17.6 Å². The molecule has 1 aromatic carbocycles. The predicted molar refractivity (Wildman–Crippen MR) is 77.5 cm³/mol. The van der Waals surface area contributed by atoms with Crippen LogP contribution in [0.15, 0.2) is 29.2 Å². The summed E-state index contributed by atoms with van der Waals surface area (Å²) in [6.45, 7) is 3.94. The second kappa shape index (κ2) is 7.84. The number of amides is 1. The van der Waals surface area contributed by atoms with E-state index in [1.807, 2.05) is 32.0 Å². The Kier molecular flexibility index (Phi) is 6.42. The van der Waals surface area contributed by atoms with Gasteiger partial charge in [-0.3, -0.25) is 9.59 Å². The fourth-order valence-electron chi connectivity index (χ4n) is 1.66. The zero-order chi connectivity index (χ0) is 14.3. The summed E-state index contributed by atoms with van der Waals surface area (Å²) in [5.41, 5.74) is 0.682. The third-order valence-electron chi connectivity index (χ3n) is 2.67. The third-order valence-corrected chi connectivity index (χ3v) is 3.72. The molecule has 5 heteroatoms. The van der Waals surface area contributed by atoms with Gasteiger partial charge in [0.2, 0.25) is 5.91 Å². The van der Waals surface area contributed by atoms with E-state index in [9.17, 15) is 9.59 Å². The molecule has 0 aliphatic carbocycles. The Labute approximate surface area is 117 Å². The molecule has 0 radical (unpaired) electrons. The van der Waals surface area contributed by atoms with E-state index in [0.29, 0.717) is 5.69 Å². The number of hydrogen-bond donors (Lipinski definition) is 2. The van der Waals surface area contributed by atoms with Gasteiger partial charge in [-0.15, -0.1) is 11.8 Å². The number of carboxylic acids is 1. The number of para-hydroxylation sites is 1. The van der Waals surface area contributed by atoms with Crippen molar-refractivity contribution >= 4 is 29.3 Å². The lowest BCUT2D eigenvalue weighted by Gasteiger charge is -2.13. The number of carbonyl (C=O) groups is 2. The molecule has 1 rings (SSSR count). The molecule has 0 unspecified atom stereocenters. The Balaban J connectivity index is 2.71. The summed E-state index contributed by atoms with van der Waals surface area (Å²) in [6, 6.07) is 7.26. The van der Waals surface area contributed by atoms with Gasteiger partial charge in [0.25, 0.3) is 0 Å². The summed E-state index contributed by atoms with van der Waals surface area (Å²) in [5.74, 6) is -0.949. The van der Waals surface area contributed by atoms with Crippen LogP contribution in [-0.4, -0.2) is 22.7 Å². The molecule has 0 spiro atoms. The molecule has 0 heterocycles. The van der Waals surface area contributed by atoms with Gasteiger partial charge in [0, 0.05) is 10.8 Å².